The Morgan fingerprint density at radius 3 is 2.54 bits per heavy atom. The summed E-state index contributed by atoms with van der Waals surface area (Å²) in [6.07, 6.45) is 0.908. The zero-order valence-electron chi connectivity index (χ0n) is 7.97. The summed E-state index contributed by atoms with van der Waals surface area (Å²) in [4.78, 5) is 23.5. The van der Waals surface area contributed by atoms with E-state index in [1.165, 1.54) is 0 Å². The van der Waals surface area contributed by atoms with Gasteiger partial charge in [0.1, 0.15) is 5.88 Å². The molecule has 0 rings (SSSR count). The van der Waals surface area contributed by atoms with Gasteiger partial charge in [-0.05, 0) is 6.42 Å². The highest BCUT2D eigenvalue weighted by Crippen LogP contribution is 1.86. The molecule has 0 bridgehead atoms. The summed E-state index contributed by atoms with van der Waals surface area (Å²) in [5, 5.41) is 2.41. The summed E-state index contributed by atoms with van der Waals surface area (Å²) in [5.41, 5.74) is 0. The van der Waals surface area contributed by atoms with Gasteiger partial charge < -0.3 is 10.2 Å². The van der Waals surface area contributed by atoms with Crippen LogP contribution in [0.4, 0.5) is 0 Å². The highest BCUT2D eigenvalue weighted by atomic mass is 35.5. The number of likely N-dealkylation sites (N-methyl/N-ethyl adjacent to an activating group) is 1. The van der Waals surface area contributed by atoms with Gasteiger partial charge in [-0.2, -0.15) is 0 Å². The fraction of sp³-hybridized carbons (Fsp3) is 0.750. The van der Waals surface area contributed by atoms with Crippen LogP contribution in [0.2, 0.25) is 0 Å². The fourth-order valence-electron chi connectivity index (χ4n) is 0.817. The summed E-state index contributed by atoms with van der Waals surface area (Å²) in [7, 11) is 1.71. The zero-order valence-corrected chi connectivity index (χ0v) is 8.73. The molecule has 0 saturated heterocycles. The van der Waals surface area contributed by atoms with E-state index in [1.54, 1.807) is 11.9 Å². The van der Waals surface area contributed by atoms with Crippen LogP contribution < -0.4 is 5.32 Å². The average Bonchev–Trinajstić information content (AvgIpc) is 2.13. The maximum absolute atomic E-state index is 11.2. The number of amides is 2. The van der Waals surface area contributed by atoms with Gasteiger partial charge in [0.25, 0.3) is 0 Å². The number of nitrogens with zero attached hydrogens (tertiary/aromatic N) is 1. The summed E-state index contributed by atoms with van der Waals surface area (Å²) >= 11 is 5.24. The van der Waals surface area contributed by atoms with Gasteiger partial charge in [-0.1, -0.05) is 6.92 Å². The summed E-state index contributed by atoms with van der Waals surface area (Å²) in [6.45, 7) is 2.72. The molecule has 0 spiro atoms. The summed E-state index contributed by atoms with van der Waals surface area (Å²) in [5.74, 6) is -0.523. The maximum Gasteiger partial charge on any atom is 0.241 e. The number of nitrogens with one attached hydrogen (secondary N) is 1. The van der Waals surface area contributed by atoms with Crippen LogP contribution in [0, 0.1) is 0 Å². The predicted octanol–water partition coefficient (Wildman–Crippen LogP) is 0.210. The molecule has 0 radical (unpaired) electrons. The van der Waals surface area contributed by atoms with E-state index in [9.17, 15) is 9.59 Å². The minimum Gasteiger partial charge on any atom is -0.346 e. The van der Waals surface area contributed by atoms with Gasteiger partial charge in [0.15, 0.2) is 0 Å². The molecule has 13 heavy (non-hydrogen) atoms. The molecular formula is C8H15ClN2O2. The van der Waals surface area contributed by atoms with Crippen molar-refractivity contribution in [3.8, 4) is 0 Å². The standard InChI is InChI=1S/C8H15ClN2O2/c1-3-4-11(2)8(13)6-10-7(12)5-9/h3-6H2,1-2H3,(H,10,12). The third-order valence-electron chi connectivity index (χ3n) is 1.54. The van der Waals surface area contributed by atoms with Gasteiger partial charge in [0.2, 0.25) is 11.8 Å². The highest BCUT2D eigenvalue weighted by Gasteiger charge is 2.08. The van der Waals surface area contributed by atoms with Crippen molar-refractivity contribution < 1.29 is 9.59 Å². The minimum atomic E-state index is -0.320. The van der Waals surface area contributed by atoms with Crippen molar-refractivity contribution in [2.24, 2.45) is 0 Å². The average molecular weight is 207 g/mol. The van der Waals surface area contributed by atoms with Crippen LogP contribution in [-0.4, -0.2) is 42.7 Å². The molecule has 0 aromatic heterocycles. The Labute approximate surface area is 83.2 Å². The van der Waals surface area contributed by atoms with Crippen LogP contribution >= 0.6 is 11.6 Å². The molecule has 0 heterocycles. The van der Waals surface area contributed by atoms with E-state index in [2.05, 4.69) is 5.32 Å². The van der Waals surface area contributed by atoms with Crippen LogP contribution in [-0.2, 0) is 9.59 Å². The third-order valence-corrected chi connectivity index (χ3v) is 1.79. The molecule has 0 atom stereocenters. The third kappa shape index (κ3) is 5.47. The largest absolute Gasteiger partial charge is 0.346 e. The van der Waals surface area contributed by atoms with Crippen LogP contribution in [0.5, 0.6) is 0 Å². The fourth-order valence-corrected chi connectivity index (χ4v) is 0.911. The normalized spacial score (nSPS) is 9.46. The Kier molecular flexibility index (Phi) is 6.32. The first-order valence-electron chi connectivity index (χ1n) is 4.18. The first-order chi connectivity index (χ1) is 6.11. The first kappa shape index (κ1) is 12.2. The Hall–Kier alpha value is -0.770. The second kappa shape index (κ2) is 6.71. The molecule has 0 unspecified atom stereocenters. The van der Waals surface area contributed by atoms with Crippen molar-refractivity contribution in [2.45, 2.75) is 13.3 Å². The number of carbonyl (C=O) groups excluding carboxylic acids is 2. The monoisotopic (exact) mass is 206 g/mol. The topological polar surface area (TPSA) is 49.4 Å². The molecule has 5 heteroatoms. The highest BCUT2D eigenvalue weighted by molar-refractivity contribution is 6.27. The lowest BCUT2D eigenvalue weighted by atomic mass is 10.4. The van der Waals surface area contributed by atoms with Gasteiger partial charge in [0.05, 0.1) is 6.54 Å². The smallest absolute Gasteiger partial charge is 0.241 e. The summed E-state index contributed by atoms with van der Waals surface area (Å²) in [6, 6.07) is 0. The van der Waals surface area contributed by atoms with Gasteiger partial charge in [0, 0.05) is 13.6 Å². The number of halogens is 1. The van der Waals surface area contributed by atoms with E-state index < -0.39 is 0 Å². The van der Waals surface area contributed by atoms with Crippen molar-refractivity contribution in [3.05, 3.63) is 0 Å². The van der Waals surface area contributed by atoms with Gasteiger partial charge in [-0.25, -0.2) is 0 Å². The van der Waals surface area contributed by atoms with E-state index in [0.717, 1.165) is 6.42 Å². The molecular weight excluding hydrogens is 192 g/mol. The van der Waals surface area contributed by atoms with Crippen molar-refractivity contribution in [3.63, 3.8) is 0 Å². The van der Waals surface area contributed by atoms with Crippen LogP contribution in [0.3, 0.4) is 0 Å². The Morgan fingerprint density at radius 1 is 1.46 bits per heavy atom. The lowest BCUT2D eigenvalue weighted by molar-refractivity contribution is -0.131. The van der Waals surface area contributed by atoms with E-state index >= 15 is 0 Å². The number of hydrogen-bond donors (Lipinski definition) is 1. The number of carbonyl (C=O) groups is 2. The molecule has 0 fully saturated rings. The van der Waals surface area contributed by atoms with Crippen LogP contribution in [0.1, 0.15) is 13.3 Å². The Bertz CT molecular complexity index is 185. The number of hydrogen-bond acceptors (Lipinski definition) is 2. The SMILES string of the molecule is CCCN(C)C(=O)CNC(=O)CCl. The molecule has 76 valence electrons. The lowest BCUT2D eigenvalue weighted by Gasteiger charge is -2.15. The Morgan fingerprint density at radius 2 is 2.08 bits per heavy atom. The second-order valence-electron chi connectivity index (χ2n) is 2.73. The molecule has 2 amide bonds. The van der Waals surface area contributed by atoms with Crippen molar-refractivity contribution in [1.29, 1.82) is 0 Å². The molecule has 0 saturated carbocycles. The van der Waals surface area contributed by atoms with E-state index in [4.69, 9.17) is 11.6 Å². The van der Waals surface area contributed by atoms with Gasteiger partial charge in [-0.3, -0.25) is 9.59 Å². The first-order valence-corrected chi connectivity index (χ1v) is 4.71. The van der Waals surface area contributed by atoms with Crippen LogP contribution in [0.15, 0.2) is 0 Å². The predicted molar refractivity (Wildman–Crippen MR) is 51.7 cm³/mol. The lowest BCUT2D eigenvalue weighted by Crippen LogP contribution is -2.38. The molecule has 0 aliphatic carbocycles. The number of rotatable bonds is 5. The van der Waals surface area contributed by atoms with E-state index in [1.807, 2.05) is 6.92 Å². The van der Waals surface area contributed by atoms with Gasteiger partial charge in [-0.15, -0.1) is 11.6 Å². The molecule has 4 nitrogen and oxygen atoms in total. The number of alkyl halides is 1. The molecule has 0 aliphatic heterocycles. The quantitative estimate of drug-likeness (QED) is 0.654. The minimum absolute atomic E-state index is 0.0298. The van der Waals surface area contributed by atoms with Crippen molar-refractivity contribution in [2.75, 3.05) is 26.0 Å². The van der Waals surface area contributed by atoms with Gasteiger partial charge >= 0.3 is 0 Å². The second-order valence-corrected chi connectivity index (χ2v) is 2.99. The van der Waals surface area contributed by atoms with Crippen molar-refractivity contribution >= 4 is 23.4 Å². The molecule has 1 N–H and O–H groups in total. The maximum atomic E-state index is 11.2. The van der Waals surface area contributed by atoms with E-state index in [-0.39, 0.29) is 24.2 Å². The van der Waals surface area contributed by atoms with Crippen LogP contribution in [0.25, 0.3) is 0 Å². The Balaban J connectivity index is 3.67. The summed E-state index contributed by atoms with van der Waals surface area (Å²) < 4.78 is 0. The van der Waals surface area contributed by atoms with Crippen molar-refractivity contribution in [1.82, 2.24) is 10.2 Å². The van der Waals surface area contributed by atoms with E-state index in [0.29, 0.717) is 6.54 Å². The molecule has 0 aliphatic rings. The molecule has 0 aromatic rings. The zero-order chi connectivity index (χ0) is 10.3. The molecule has 0 aromatic carbocycles.